The molecule has 8 nitrogen and oxygen atoms in total. The topological polar surface area (TPSA) is 94.5 Å². The van der Waals surface area contributed by atoms with Gasteiger partial charge in [0.25, 0.3) is 11.3 Å². The van der Waals surface area contributed by atoms with Crippen molar-refractivity contribution in [3.8, 4) is 0 Å². The largest absolute Gasteiger partial charge is 0.460 e. The van der Waals surface area contributed by atoms with Gasteiger partial charge in [0.05, 0.1) is 58.3 Å². The van der Waals surface area contributed by atoms with Gasteiger partial charge in [-0.1, -0.05) is 22.0 Å². The van der Waals surface area contributed by atoms with E-state index < -0.39 is 16.9 Å². The molecule has 1 aromatic rings. The number of esters is 1. The molecular formula is C19H30BrNO7S. The molecule has 0 aliphatic heterocycles. The number of hydrogen-bond acceptors (Lipinski definition) is 6. The summed E-state index contributed by atoms with van der Waals surface area (Å²) in [4.78, 5) is 11.5. The van der Waals surface area contributed by atoms with Crippen molar-refractivity contribution in [1.29, 1.82) is 0 Å². The summed E-state index contributed by atoms with van der Waals surface area (Å²) in [6, 6.07) is 7.16. The average molecular weight is 496 g/mol. The van der Waals surface area contributed by atoms with Gasteiger partial charge in [-0.25, -0.2) is 4.21 Å². The van der Waals surface area contributed by atoms with Gasteiger partial charge in [0.1, 0.15) is 5.60 Å². The van der Waals surface area contributed by atoms with Crippen molar-refractivity contribution in [2.24, 2.45) is 0 Å². The minimum Gasteiger partial charge on any atom is -0.460 e. The van der Waals surface area contributed by atoms with Crippen LogP contribution < -0.4 is 4.31 Å². The maximum absolute atomic E-state index is 11.5. The molecule has 0 heterocycles. The Morgan fingerprint density at radius 2 is 1.66 bits per heavy atom. The van der Waals surface area contributed by atoms with Crippen molar-refractivity contribution in [3.05, 3.63) is 28.7 Å². The zero-order valence-electron chi connectivity index (χ0n) is 17.1. The lowest BCUT2D eigenvalue weighted by Crippen LogP contribution is -2.29. The number of anilines is 1. The summed E-state index contributed by atoms with van der Waals surface area (Å²) in [5.74, 6) is -0.285. The Hall–Kier alpha value is -1.04. The number of hydrogen-bond donors (Lipinski definition) is 1. The van der Waals surface area contributed by atoms with Gasteiger partial charge < -0.3 is 18.9 Å². The van der Waals surface area contributed by atoms with E-state index in [0.717, 1.165) is 4.47 Å². The van der Waals surface area contributed by atoms with Gasteiger partial charge in [-0.3, -0.25) is 13.7 Å². The minimum atomic E-state index is -2.13. The number of carbonyl (C=O) groups is 1. The second kappa shape index (κ2) is 14.1. The lowest BCUT2D eigenvalue weighted by Gasteiger charge is -2.20. The Morgan fingerprint density at radius 1 is 1.07 bits per heavy atom. The molecule has 0 spiro atoms. The number of carbonyl (C=O) groups excluding carboxylic acids is 1. The van der Waals surface area contributed by atoms with Gasteiger partial charge in [-0.2, -0.15) is 0 Å². The van der Waals surface area contributed by atoms with E-state index in [1.807, 2.05) is 26.8 Å². The quantitative estimate of drug-likeness (QED) is 0.240. The summed E-state index contributed by atoms with van der Waals surface area (Å²) in [6.45, 7) is 7.83. The molecule has 1 N–H and O–H groups in total. The second-order valence-corrected chi connectivity index (χ2v) is 8.80. The van der Waals surface area contributed by atoms with E-state index in [1.165, 1.54) is 4.31 Å². The predicted molar refractivity (Wildman–Crippen MR) is 115 cm³/mol. The summed E-state index contributed by atoms with van der Waals surface area (Å²) < 4.78 is 44.5. The molecule has 0 saturated carbocycles. The predicted octanol–water partition coefficient (Wildman–Crippen LogP) is 3.17. The smallest absolute Gasteiger partial charge is 0.308 e. The summed E-state index contributed by atoms with van der Waals surface area (Å²) in [6.07, 6.45) is 0.209. The summed E-state index contributed by atoms with van der Waals surface area (Å²) in [5, 5.41) is 0. The van der Waals surface area contributed by atoms with Crippen molar-refractivity contribution in [1.82, 2.24) is 0 Å². The fourth-order valence-electron chi connectivity index (χ4n) is 2.17. The lowest BCUT2D eigenvalue weighted by atomic mass is 10.2. The van der Waals surface area contributed by atoms with Crippen molar-refractivity contribution < 1.29 is 32.5 Å². The third kappa shape index (κ3) is 13.0. The number of ether oxygens (including phenoxy) is 4. The third-order valence-corrected chi connectivity index (χ3v) is 4.60. The molecular weight excluding hydrogens is 466 g/mol. The summed E-state index contributed by atoms with van der Waals surface area (Å²) in [5.41, 5.74) is 0.144. The van der Waals surface area contributed by atoms with Gasteiger partial charge >= 0.3 is 5.97 Å². The average Bonchev–Trinajstić information content (AvgIpc) is 2.60. The van der Waals surface area contributed by atoms with E-state index in [-0.39, 0.29) is 25.5 Å². The van der Waals surface area contributed by atoms with Gasteiger partial charge in [0.2, 0.25) is 0 Å². The highest BCUT2D eigenvalue weighted by molar-refractivity contribution is 9.10. The normalized spacial score (nSPS) is 12.6. The Labute approximate surface area is 183 Å². The van der Waals surface area contributed by atoms with Gasteiger partial charge in [0.15, 0.2) is 0 Å². The second-order valence-electron chi connectivity index (χ2n) is 6.99. The molecule has 0 aromatic heterocycles. The Bertz CT molecular complexity index is 639. The Balaban J connectivity index is 2.04. The van der Waals surface area contributed by atoms with Crippen LogP contribution in [0.25, 0.3) is 0 Å². The van der Waals surface area contributed by atoms with Gasteiger partial charge in [-0.15, -0.1) is 0 Å². The summed E-state index contributed by atoms with van der Waals surface area (Å²) >= 11 is 1.21. The van der Waals surface area contributed by atoms with Crippen LogP contribution in [0.2, 0.25) is 0 Å². The van der Waals surface area contributed by atoms with Crippen LogP contribution in [0.15, 0.2) is 28.7 Å². The molecule has 0 radical (unpaired) electrons. The Kier molecular flexibility index (Phi) is 12.6. The van der Waals surface area contributed by atoms with E-state index in [0.29, 0.717) is 38.7 Å². The molecule has 0 bridgehead atoms. The van der Waals surface area contributed by atoms with Crippen molar-refractivity contribution in [2.45, 2.75) is 32.8 Å². The first-order valence-corrected chi connectivity index (χ1v) is 11.1. The van der Waals surface area contributed by atoms with Crippen LogP contribution in [-0.4, -0.2) is 66.5 Å². The monoisotopic (exact) mass is 495 g/mol. The SMILES string of the molecule is CC(C)(C)OC(=O)CCOCCOCCOCCN(c1cccc(Br)c1)S(=O)O. The van der Waals surface area contributed by atoms with Gasteiger partial charge in [-0.05, 0) is 39.0 Å². The molecule has 29 heavy (non-hydrogen) atoms. The van der Waals surface area contributed by atoms with Crippen LogP contribution in [0.5, 0.6) is 0 Å². The lowest BCUT2D eigenvalue weighted by molar-refractivity contribution is -0.156. The molecule has 0 aliphatic rings. The zero-order chi connectivity index (χ0) is 21.7. The first kappa shape index (κ1) is 26.0. The molecule has 10 heteroatoms. The molecule has 166 valence electrons. The highest BCUT2D eigenvalue weighted by atomic mass is 79.9. The zero-order valence-corrected chi connectivity index (χ0v) is 19.5. The van der Waals surface area contributed by atoms with E-state index >= 15 is 0 Å². The van der Waals surface area contributed by atoms with E-state index in [1.54, 1.807) is 18.2 Å². The molecule has 0 aliphatic carbocycles. The molecule has 0 amide bonds. The maximum Gasteiger partial charge on any atom is 0.308 e. The number of halogens is 1. The van der Waals surface area contributed by atoms with Crippen LogP contribution >= 0.6 is 15.9 Å². The molecule has 1 rings (SSSR count). The highest BCUT2D eigenvalue weighted by Crippen LogP contribution is 2.20. The first-order chi connectivity index (χ1) is 13.7. The highest BCUT2D eigenvalue weighted by Gasteiger charge is 2.15. The number of benzene rings is 1. The van der Waals surface area contributed by atoms with Crippen LogP contribution in [0.1, 0.15) is 27.2 Å². The molecule has 0 fully saturated rings. The van der Waals surface area contributed by atoms with E-state index in [4.69, 9.17) is 18.9 Å². The molecule has 1 unspecified atom stereocenters. The van der Waals surface area contributed by atoms with Crippen LogP contribution in [0.4, 0.5) is 5.69 Å². The number of rotatable bonds is 14. The fraction of sp³-hybridized carbons (Fsp3) is 0.632. The van der Waals surface area contributed by atoms with Crippen LogP contribution in [-0.2, 0) is 35.0 Å². The van der Waals surface area contributed by atoms with Crippen molar-refractivity contribution in [2.75, 3.05) is 50.5 Å². The van der Waals surface area contributed by atoms with Crippen molar-refractivity contribution >= 4 is 38.9 Å². The number of nitrogens with zero attached hydrogens (tertiary/aromatic N) is 1. The minimum absolute atomic E-state index is 0.209. The van der Waals surface area contributed by atoms with E-state index in [2.05, 4.69) is 15.9 Å². The van der Waals surface area contributed by atoms with E-state index in [9.17, 15) is 13.6 Å². The van der Waals surface area contributed by atoms with Crippen molar-refractivity contribution in [3.63, 3.8) is 0 Å². The standard InChI is InChI=1S/C19H30BrNO7S/c1-19(2,3)28-18(22)7-9-25-11-13-27-14-12-26-10-8-21(29(23)24)17-6-4-5-16(20)15-17/h4-6,15H,7-14H2,1-3H3,(H,23,24). The van der Waals surface area contributed by atoms with Crippen LogP contribution in [0, 0.1) is 0 Å². The molecule has 0 saturated heterocycles. The summed E-state index contributed by atoms with van der Waals surface area (Å²) in [7, 11) is 0. The van der Waals surface area contributed by atoms with Gasteiger partial charge in [0, 0.05) is 4.47 Å². The molecule has 1 aromatic carbocycles. The first-order valence-electron chi connectivity index (χ1n) is 9.28. The van der Waals surface area contributed by atoms with Crippen LogP contribution in [0.3, 0.4) is 0 Å². The fourth-order valence-corrected chi connectivity index (χ4v) is 3.08. The Morgan fingerprint density at radius 3 is 2.21 bits per heavy atom. The maximum atomic E-state index is 11.5. The molecule has 1 atom stereocenters. The third-order valence-electron chi connectivity index (χ3n) is 3.34.